The van der Waals surface area contributed by atoms with E-state index in [0.717, 1.165) is 24.7 Å². The van der Waals surface area contributed by atoms with Gasteiger partial charge in [0.05, 0.1) is 16.9 Å². The quantitative estimate of drug-likeness (QED) is 0.438. The Morgan fingerprint density at radius 2 is 1.90 bits per heavy atom. The van der Waals surface area contributed by atoms with Crippen LogP contribution in [0.3, 0.4) is 0 Å². The average molecular weight is 451 g/mol. The number of carbonyl (C=O) groups excluding carboxylic acids is 1. The largest absolute Gasteiger partial charge is 0.481 e. The average Bonchev–Trinajstić information content (AvgIpc) is 3.23. The summed E-state index contributed by atoms with van der Waals surface area (Å²) in [5.41, 5.74) is -2.48. The van der Waals surface area contributed by atoms with Crippen molar-refractivity contribution >= 4 is 22.1 Å². The standard InChI is InChI=1S/C25H38O5S/c1-15(2)8-9-31(29,30)14-24-12-19-17(5)6-7-20(19)23(13-26)11-18(24)10-21(16(3)4)25(23,24)22(27)28/h10,13,15-20H,6-9,11-12,14H2,1-5H3,(H,27,28)/t17-,18?,19-,20-,23?,24?,25+/m1/s1. The molecule has 0 amide bonds. The van der Waals surface area contributed by atoms with Gasteiger partial charge in [0.15, 0.2) is 9.84 Å². The highest BCUT2D eigenvalue weighted by atomic mass is 32.2. The highest BCUT2D eigenvalue weighted by Crippen LogP contribution is 2.82. The number of carbonyl (C=O) groups is 2. The number of sulfone groups is 1. The number of allylic oxidation sites excluding steroid dienone is 1. The summed E-state index contributed by atoms with van der Waals surface area (Å²) in [4.78, 5) is 26.2. The molecule has 4 aliphatic rings. The highest BCUT2D eigenvalue weighted by Gasteiger charge is 2.84. The number of hydrogen-bond acceptors (Lipinski definition) is 4. The second-order valence-electron chi connectivity index (χ2n) is 11.8. The number of carboxylic acids is 1. The first-order valence-corrected chi connectivity index (χ1v) is 13.8. The van der Waals surface area contributed by atoms with Gasteiger partial charge in [0, 0.05) is 5.41 Å². The second kappa shape index (κ2) is 7.16. The monoisotopic (exact) mass is 450 g/mol. The molecule has 0 heterocycles. The summed E-state index contributed by atoms with van der Waals surface area (Å²) in [6, 6.07) is 0. The molecule has 174 valence electrons. The van der Waals surface area contributed by atoms with E-state index in [2.05, 4.69) is 13.0 Å². The van der Waals surface area contributed by atoms with Crippen molar-refractivity contribution in [1.29, 1.82) is 0 Å². The van der Waals surface area contributed by atoms with Gasteiger partial charge in [-0.25, -0.2) is 8.42 Å². The third-order valence-corrected chi connectivity index (χ3v) is 11.4. The fraction of sp³-hybridized carbons (Fsp3) is 0.840. The van der Waals surface area contributed by atoms with Crippen molar-refractivity contribution < 1.29 is 23.1 Å². The number of carboxylic acid groups (broad SMARTS) is 1. The minimum atomic E-state index is -3.46. The Morgan fingerprint density at radius 3 is 2.45 bits per heavy atom. The van der Waals surface area contributed by atoms with E-state index in [9.17, 15) is 23.1 Å². The molecule has 4 bridgehead atoms. The molecule has 31 heavy (non-hydrogen) atoms. The van der Waals surface area contributed by atoms with Gasteiger partial charge < -0.3 is 9.90 Å². The van der Waals surface area contributed by atoms with Crippen LogP contribution in [-0.4, -0.2) is 37.3 Å². The van der Waals surface area contributed by atoms with E-state index < -0.39 is 32.1 Å². The second-order valence-corrected chi connectivity index (χ2v) is 13.9. The van der Waals surface area contributed by atoms with Crippen LogP contribution < -0.4 is 0 Å². The lowest BCUT2D eigenvalue weighted by molar-refractivity contribution is -0.177. The molecule has 0 radical (unpaired) electrons. The first-order chi connectivity index (χ1) is 14.4. The molecule has 0 saturated heterocycles. The third-order valence-electron chi connectivity index (χ3n) is 9.61. The lowest BCUT2D eigenvalue weighted by Crippen LogP contribution is -2.64. The molecule has 3 saturated carbocycles. The molecule has 1 N–H and O–H groups in total. The molecule has 7 atom stereocenters. The summed E-state index contributed by atoms with van der Waals surface area (Å²) in [6.45, 7) is 10.2. The molecule has 5 nitrogen and oxygen atoms in total. The van der Waals surface area contributed by atoms with E-state index in [1.165, 1.54) is 0 Å². The summed E-state index contributed by atoms with van der Waals surface area (Å²) < 4.78 is 26.8. The van der Waals surface area contributed by atoms with E-state index in [1.807, 2.05) is 27.7 Å². The molecule has 4 aliphatic carbocycles. The molecule has 0 aromatic rings. The Kier molecular flexibility index (Phi) is 5.32. The Labute approximate surface area is 187 Å². The zero-order valence-electron chi connectivity index (χ0n) is 19.6. The SMILES string of the molecule is CC(C)CCS(=O)(=O)CC12C[C@@H]3[C@H](C)CC[C@H]3C3(C=O)CC1C=C(C(C)C)[C@@]23C(=O)O. The minimum Gasteiger partial charge on any atom is -0.481 e. The summed E-state index contributed by atoms with van der Waals surface area (Å²) >= 11 is 0. The number of fused-ring (bicyclic) bond motifs is 2. The summed E-state index contributed by atoms with van der Waals surface area (Å²) in [5.74, 6) is -0.259. The lowest BCUT2D eigenvalue weighted by Gasteiger charge is -2.58. The Bertz CT molecular complexity index is 918. The van der Waals surface area contributed by atoms with Gasteiger partial charge in [-0.1, -0.05) is 52.7 Å². The van der Waals surface area contributed by atoms with Crippen molar-refractivity contribution in [3.05, 3.63) is 11.6 Å². The van der Waals surface area contributed by atoms with Crippen molar-refractivity contribution in [1.82, 2.24) is 0 Å². The molecule has 6 heteroatoms. The smallest absolute Gasteiger partial charge is 0.315 e. The molecule has 4 rings (SSSR count). The van der Waals surface area contributed by atoms with E-state index in [1.54, 1.807) is 0 Å². The number of rotatable bonds is 8. The fourth-order valence-corrected chi connectivity index (χ4v) is 10.8. The van der Waals surface area contributed by atoms with Crippen LogP contribution in [0.25, 0.3) is 0 Å². The van der Waals surface area contributed by atoms with Crippen LogP contribution in [0.15, 0.2) is 11.6 Å². The predicted octanol–water partition coefficient (Wildman–Crippen LogP) is 4.37. The van der Waals surface area contributed by atoms with Gasteiger partial charge in [0.2, 0.25) is 0 Å². The lowest BCUT2D eigenvalue weighted by atomic mass is 9.43. The fourth-order valence-electron chi connectivity index (χ4n) is 8.51. The minimum absolute atomic E-state index is 0.0335. The number of aliphatic carboxylic acids is 1. The Hall–Kier alpha value is -1.17. The van der Waals surface area contributed by atoms with E-state index in [4.69, 9.17) is 0 Å². The van der Waals surface area contributed by atoms with Crippen molar-refractivity contribution in [2.75, 3.05) is 11.5 Å². The van der Waals surface area contributed by atoms with Crippen molar-refractivity contribution in [3.8, 4) is 0 Å². The van der Waals surface area contributed by atoms with Crippen LogP contribution in [0.5, 0.6) is 0 Å². The molecule has 0 spiro atoms. The maximum absolute atomic E-state index is 13.4. The maximum Gasteiger partial charge on any atom is 0.315 e. The summed E-state index contributed by atoms with van der Waals surface area (Å²) in [5, 5.41) is 10.9. The van der Waals surface area contributed by atoms with Crippen LogP contribution in [0.1, 0.15) is 66.7 Å². The van der Waals surface area contributed by atoms with Gasteiger partial charge in [0.1, 0.15) is 11.7 Å². The number of hydrogen-bond donors (Lipinski definition) is 1. The normalized spacial score (nSPS) is 43.4. The Morgan fingerprint density at radius 1 is 1.23 bits per heavy atom. The van der Waals surface area contributed by atoms with Crippen LogP contribution in [0.4, 0.5) is 0 Å². The first kappa shape index (κ1) is 23.0. The van der Waals surface area contributed by atoms with Gasteiger partial charge in [0.25, 0.3) is 0 Å². The Balaban J connectivity index is 1.93. The molecule has 3 unspecified atom stereocenters. The number of aldehydes is 1. The molecular weight excluding hydrogens is 412 g/mol. The topological polar surface area (TPSA) is 88.5 Å². The highest BCUT2D eigenvalue weighted by molar-refractivity contribution is 7.91. The van der Waals surface area contributed by atoms with Crippen molar-refractivity contribution in [2.45, 2.75) is 66.7 Å². The van der Waals surface area contributed by atoms with Crippen LogP contribution in [0.2, 0.25) is 0 Å². The van der Waals surface area contributed by atoms with Crippen LogP contribution >= 0.6 is 0 Å². The van der Waals surface area contributed by atoms with Gasteiger partial charge >= 0.3 is 5.97 Å². The summed E-state index contributed by atoms with van der Waals surface area (Å²) in [6.07, 6.45) is 6.57. The molecule has 0 aliphatic heterocycles. The van der Waals surface area contributed by atoms with Crippen LogP contribution in [-0.2, 0) is 19.4 Å². The molecule has 0 aromatic heterocycles. The first-order valence-electron chi connectivity index (χ1n) is 12.0. The van der Waals surface area contributed by atoms with Gasteiger partial charge in [-0.2, -0.15) is 0 Å². The van der Waals surface area contributed by atoms with Crippen molar-refractivity contribution in [2.24, 2.45) is 51.8 Å². The van der Waals surface area contributed by atoms with E-state index >= 15 is 0 Å². The van der Waals surface area contributed by atoms with Gasteiger partial charge in [-0.3, -0.25) is 4.79 Å². The van der Waals surface area contributed by atoms with E-state index in [-0.39, 0.29) is 41.1 Å². The zero-order chi connectivity index (χ0) is 23.0. The predicted molar refractivity (Wildman–Crippen MR) is 120 cm³/mol. The zero-order valence-corrected chi connectivity index (χ0v) is 20.4. The van der Waals surface area contributed by atoms with E-state index in [0.29, 0.717) is 25.2 Å². The third kappa shape index (κ3) is 2.75. The van der Waals surface area contributed by atoms with Crippen molar-refractivity contribution in [3.63, 3.8) is 0 Å². The summed E-state index contributed by atoms with van der Waals surface area (Å²) in [7, 11) is -3.46. The van der Waals surface area contributed by atoms with Crippen LogP contribution in [0, 0.1) is 51.8 Å². The molecular formula is C25H38O5S. The van der Waals surface area contributed by atoms with Gasteiger partial charge in [-0.05, 0) is 61.2 Å². The molecule has 3 fully saturated rings. The maximum atomic E-state index is 13.4. The molecule has 0 aromatic carbocycles. The van der Waals surface area contributed by atoms with Gasteiger partial charge in [-0.15, -0.1) is 0 Å².